The minimum Gasteiger partial charge on any atom is -0.319 e. The maximum atomic E-state index is 13.2. The van der Waals surface area contributed by atoms with Gasteiger partial charge in [0.25, 0.3) is 5.91 Å². The van der Waals surface area contributed by atoms with Crippen LogP contribution in [0.1, 0.15) is 28.3 Å². The van der Waals surface area contributed by atoms with Crippen LogP contribution in [0.25, 0.3) is 10.2 Å². The Hall–Kier alpha value is -2.25. The molecule has 7 heteroatoms. The molecule has 3 amide bonds. The van der Waals surface area contributed by atoms with E-state index in [4.69, 9.17) is 0 Å². The molecule has 0 unspecified atom stereocenters. The SMILES string of the molecule is O=C1N[C@]2(CCCc3sccc32)C(=O)N1Cc1nc2ccccc2s1. The Morgan fingerprint density at radius 1 is 1.24 bits per heavy atom. The van der Waals surface area contributed by atoms with Crippen LogP contribution in [0.4, 0.5) is 4.79 Å². The van der Waals surface area contributed by atoms with Gasteiger partial charge in [0.2, 0.25) is 0 Å². The van der Waals surface area contributed by atoms with Crippen LogP contribution in [0.15, 0.2) is 35.7 Å². The maximum Gasteiger partial charge on any atom is 0.325 e. The van der Waals surface area contributed by atoms with Crippen LogP contribution in [-0.2, 0) is 23.3 Å². The summed E-state index contributed by atoms with van der Waals surface area (Å²) in [6.07, 6.45) is 2.56. The predicted octanol–water partition coefficient (Wildman–Crippen LogP) is 3.64. The van der Waals surface area contributed by atoms with Gasteiger partial charge in [0.15, 0.2) is 0 Å². The first-order valence-corrected chi connectivity index (χ1v) is 9.92. The third kappa shape index (κ3) is 2.15. The highest BCUT2D eigenvalue weighted by molar-refractivity contribution is 7.18. The average Bonchev–Trinajstić information content (AvgIpc) is 3.29. The van der Waals surface area contributed by atoms with Crippen molar-refractivity contribution in [2.75, 3.05) is 0 Å². The molecule has 2 aliphatic rings. The molecular weight excluding hydrogens is 354 g/mol. The van der Waals surface area contributed by atoms with E-state index in [1.54, 1.807) is 11.3 Å². The number of hydrogen-bond donors (Lipinski definition) is 1. The number of para-hydroxylation sites is 1. The molecule has 0 bridgehead atoms. The standard InChI is InChI=1S/C18H15N3O2S2/c22-16-18(8-3-6-13-11(18)7-9-24-13)20-17(23)21(16)10-15-19-12-4-1-2-5-14(12)25-15/h1-2,4-5,7,9H,3,6,8,10H2,(H,20,23)/t18-/m0/s1. The van der Waals surface area contributed by atoms with Crippen molar-refractivity contribution >= 4 is 44.8 Å². The Bertz CT molecular complexity index is 976. The molecule has 1 N–H and O–H groups in total. The highest BCUT2D eigenvalue weighted by Gasteiger charge is 2.54. The Kier molecular flexibility index (Phi) is 3.23. The fourth-order valence-corrected chi connectivity index (χ4v) is 5.76. The van der Waals surface area contributed by atoms with E-state index in [1.165, 1.54) is 21.1 Å². The highest BCUT2D eigenvalue weighted by atomic mass is 32.1. The zero-order valence-corrected chi connectivity index (χ0v) is 15.0. The molecule has 1 spiro atoms. The van der Waals surface area contributed by atoms with Crippen LogP contribution < -0.4 is 5.32 Å². The number of hydrogen-bond acceptors (Lipinski definition) is 5. The summed E-state index contributed by atoms with van der Waals surface area (Å²) in [5, 5.41) is 5.77. The third-order valence-electron chi connectivity index (χ3n) is 4.97. The molecule has 1 aliphatic heterocycles. The molecule has 25 heavy (non-hydrogen) atoms. The van der Waals surface area contributed by atoms with Gasteiger partial charge in [-0.25, -0.2) is 9.78 Å². The smallest absolute Gasteiger partial charge is 0.319 e. The summed E-state index contributed by atoms with van der Waals surface area (Å²) < 4.78 is 1.07. The number of nitrogens with one attached hydrogen (secondary N) is 1. The van der Waals surface area contributed by atoms with Crippen molar-refractivity contribution in [1.29, 1.82) is 0 Å². The van der Waals surface area contributed by atoms with Gasteiger partial charge in [-0.15, -0.1) is 22.7 Å². The van der Waals surface area contributed by atoms with E-state index >= 15 is 0 Å². The molecule has 0 radical (unpaired) electrons. The number of amides is 3. The number of benzene rings is 1. The number of thiazole rings is 1. The fraction of sp³-hybridized carbons (Fsp3) is 0.278. The summed E-state index contributed by atoms with van der Waals surface area (Å²) in [6.45, 7) is 0.227. The number of carbonyl (C=O) groups excluding carboxylic acids is 2. The van der Waals surface area contributed by atoms with Gasteiger partial charge in [-0.1, -0.05) is 12.1 Å². The molecule has 3 aromatic rings. The number of urea groups is 1. The molecule has 1 atom stereocenters. The normalized spacial score (nSPS) is 22.6. The van der Waals surface area contributed by atoms with Crippen molar-refractivity contribution in [2.24, 2.45) is 0 Å². The molecule has 0 saturated carbocycles. The molecule has 2 aromatic heterocycles. The Morgan fingerprint density at radius 2 is 2.12 bits per heavy atom. The lowest BCUT2D eigenvalue weighted by molar-refractivity contribution is -0.132. The molecule has 5 rings (SSSR count). The zero-order valence-electron chi connectivity index (χ0n) is 13.3. The third-order valence-corrected chi connectivity index (χ3v) is 6.97. The second-order valence-corrected chi connectivity index (χ2v) is 8.53. The lowest BCUT2D eigenvalue weighted by Gasteiger charge is -2.31. The van der Waals surface area contributed by atoms with Gasteiger partial charge in [0.05, 0.1) is 16.8 Å². The Labute approximate surface area is 152 Å². The van der Waals surface area contributed by atoms with E-state index in [2.05, 4.69) is 10.3 Å². The molecule has 126 valence electrons. The van der Waals surface area contributed by atoms with Gasteiger partial charge in [0, 0.05) is 10.4 Å². The first kappa shape index (κ1) is 15.0. The van der Waals surface area contributed by atoms with Gasteiger partial charge < -0.3 is 5.32 Å². The zero-order chi connectivity index (χ0) is 17.0. The predicted molar refractivity (Wildman–Crippen MR) is 97.6 cm³/mol. The van der Waals surface area contributed by atoms with E-state index < -0.39 is 5.54 Å². The quantitative estimate of drug-likeness (QED) is 0.702. The van der Waals surface area contributed by atoms with Crippen molar-refractivity contribution in [2.45, 2.75) is 31.3 Å². The summed E-state index contributed by atoms with van der Waals surface area (Å²) in [7, 11) is 0. The lowest BCUT2D eigenvalue weighted by atomic mass is 9.80. The summed E-state index contributed by atoms with van der Waals surface area (Å²) >= 11 is 3.19. The van der Waals surface area contributed by atoms with Crippen LogP contribution >= 0.6 is 22.7 Å². The van der Waals surface area contributed by atoms with E-state index in [0.29, 0.717) is 6.42 Å². The summed E-state index contributed by atoms with van der Waals surface area (Å²) in [5.41, 5.74) is 1.01. The molecule has 1 aromatic carbocycles. The van der Waals surface area contributed by atoms with Crippen LogP contribution in [0.5, 0.6) is 0 Å². The summed E-state index contributed by atoms with van der Waals surface area (Å²) in [6, 6.07) is 9.52. The Balaban J connectivity index is 1.50. The largest absolute Gasteiger partial charge is 0.325 e. The van der Waals surface area contributed by atoms with Gasteiger partial charge in [-0.05, 0) is 42.8 Å². The first-order valence-electron chi connectivity index (χ1n) is 8.23. The lowest BCUT2D eigenvalue weighted by Crippen LogP contribution is -2.45. The van der Waals surface area contributed by atoms with Crippen LogP contribution in [0, 0.1) is 0 Å². The number of carbonyl (C=O) groups is 2. The van der Waals surface area contributed by atoms with E-state index in [-0.39, 0.29) is 18.5 Å². The van der Waals surface area contributed by atoms with Crippen LogP contribution in [-0.4, -0.2) is 21.8 Å². The number of aryl methyl sites for hydroxylation is 1. The molecular formula is C18H15N3O2S2. The van der Waals surface area contributed by atoms with Crippen molar-refractivity contribution in [3.63, 3.8) is 0 Å². The van der Waals surface area contributed by atoms with Crippen LogP contribution in [0.3, 0.4) is 0 Å². The van der Waals surface area contributed by atoms with E-state index in [1.807, 2.05) is 35.7 Å². The molecule has 1 saturated heterocycles. The van der Waals surface area contributed by atoms with E-state index in [0.717, 1.165) is 33.6 Å². The summed E-state index contributed by atoms with van der Waals surface area (Å²) in [4.78, 5) is 32.9. The number of nitrogens with zero attached hydrogens (tertiary/aromatic N) is 2. The molecule has 3 heterocycles. The molecule has 1 fully saturated rings. The van der Waals surface area contributed by atoms with Crippen molar-refractivity contribution in [3.05, 3.63) is 51.2 Å². The molecule has 1 aliphatic carbocycles. The van der Waals surface area contributed by atoms with Crippen molar-refractivity contribution in [1.82, 2.24) is 15.2 Å². The second-order valence-electron chi connectivity index (χ2n) is 6.41. The number of imide groups is 1. The van der Waals surface area contributed by atoms with Gasteiger partial charge in [-0.3, -0.25) is 9.69 Å². The fourth-order valence-electron chi connectivity index (χ4n) is 3.81. The van der Waals surface area contributed by atoms with Crippen molar-refractivity contribution in [3.8, 4) is 0 Å². The first-order chi connectivity index (χ1) is 12.2. The number of thiophene rings is 1. The second kappa shape index (κ2) is 5.37. The van der Waals surface area contributed by atoms with Gasteiger partial charge >= 0.3 is 6.03 Å². The average molecular weight is 369 g/mol. The number of rotatable bonds is 2. The van der Waals surface area contributed by atoms with Gasteiger partial charge in [-0.2, -0.15) is 0 Å². The van der Waals surface area contributed by atoms with Crippen molar-refractivity contribution < 1.29 is 9.59 Å². The topological polar surface area (TPSA) is 62.3 Å². The highest BCUT2D eigenvalue weighted by Crippen LogP contribution is 2.42. The number of aromatic nitrogens is 1. The monoisotopic (exact) mass is 369 g/mol. The van der Waals surface area contributed by atoms with Gasteiger partial charge in [0.1, 0.15) is 10.5 Å². The minimum absolute atomic E-state index is 0.142. The van der Waals surface area contributed by atoms with Crippen LogP contribution in [0.2, 0.25) is 0 Å². The Morgan fingerprint density at radius 3 is 3.00 bits per heavy atom. The van der Waals surface area contributed by atoms with E-state index in [9.17, 15) is 9.59 Å². The molecule has 5 nitrogen and oxygen atoms in total. The maximum absolute atomic E-state index is 13.2. The summed E-state index contributed by atoms with van der Waals surface area (Å²) in [5.74, 6) is -0.142. The number of fused-ring (bicyclic) bond motifs is 3. The minimum atomic E-state index is -0.874.